The van der Waals surface area contributed by atoms with Crippen molar-refractivity contribution >= 4 is 132 Å². The van der Waals surface area contributed by atoms with Gasteiger partial charge in [-0.3, -0.25) is 37.4 Å². The summed E-state index contributed by atoms with van der Waals surface area (Å²) < 4.78 is 116. The second-order valence-electron chi connectivity index (χ2n) is 33.0. The standard InChI is InChI=1S/C30H36ClNO5S2.C25H25ClN2O3S.C22H26BClO5S.C14H22BrNO2S/c1-7-21(18-38(35)30(3,4)5)25-16-28(33)32(6)17-27(25)26-15-20(19-39(36,37)8-2)9-14-24(26)29(34)22-10-12-23(31)13-11-22;1-4-23-21-13-24(29)28(3)14-22(21)20-12-16(15-32(30,31)5-2)6-11-19(20)25(27-23)17-7-9-18(26)10-8-17;1-6-30(26,27)14-15-7-12-18(20(25)16-8-10-17(24)11-9-16)19(13-15)23-28-21(2,3)22(4,5)29-23;1-6-10(9-19(18)14(2,3)4)11-7-13(17)16(5)8-12(11)15/h9-17,21H,7-8,18-19H2,1-6H3;6-14,23H,4-5,15H2,1-3H3;7-13H,6,14H2,1-5H3;7-8,10H,6,9H2,1-5H3/t21-,38-;23-;;10?,19-/m10.1/s1. The van der Waals surface area contributed by atoms with E-state index in [2.05, 4.69) is 22.9 Å². The molecule has 0 bridgehead atoms. The maximum atomic E-state index is 13.7. The predicted octanol–water partition coefficient (Wildman–Crippen LogP) is 17.8. The van der Waals surface area contributed by atoms with Crippen LogP contribution >= 0.6 is 50.7 Å². The zero-order valence-electron chi connectivity index (χ0n) is 71.6. The van der Waals surface area contributed by atoms with Gasteiger partial charge in [-0.2, -0.15) is 0 Å². The number of nitrogens with zero attached hydrogens (tertiary/aromatic N) is 4. The van der Waals surface area contributed by atoms with E-state index in [4.69, 9.17) is 49.1 Å². The van der Waals surface area contributed by atoms with Crippen LogP contribution in [0.4, 0.5) is 0 Å². The lowest BCUT2D eigenvalue weighted by atomic mass is 9.73. The zero-order chi connectivity index (χ0) is 89.3. The van der Waals surface area contributed by atoms with Crippen molar-refractivity contribution in [2.75, 3.05) is 28.8 Å². The summed E-state index contributed by atoms with van der Waals surface area (Å²) >= 11 is 21.6. The third-order valence-electron chi connectivity index (χ3n) is 21.6. The van der Waals surface area contributed by atoms with E-state index in [-0.39, 0.29) is 85.4 Å². The van der Waals surface area contributed by atoms with Crippen LogP contribution in [0.25, 0.3) is 22.3 Å². The molecule has 2 aliphatic rings. The van der Waals surface area contributed by atoms with E-state index in [1.807, 2.05) is 132 Å². The van der Waals surface area contributed by atoms with Gasteiger partial charge in [-0.05, 0) is 239 Å². The van der Waals surface area contributed by atoms with Gasteiger partial charge in [0, 0.05) is 182 Å². The SMILES string of the molecule is CCC(C[S@@](=O)C(C)(C)C)c1cc(=O)n(C)cc1Br.CCS(=O)(=O)Cc1ccc(C(=O)c2ccc(Cl)cc2)c(B2OC(C)(C)C(C)(C)O2)c1.CC[C@@H]1N=C(c2ccc(Cl)cc2)c2ccc(CS(=O)(=O)CC)cc2-c2cn(C)c(=O)cc21.CC[C@H](C[S@@](=O)C(C)(C)C)c1cc(=O)n(C)cc1-c1cc(CS(=O)(=O)CC)ccc1C(=O)c1ccc(Cl)cc1. The largest absolute Gasteiger partial charge is 0.495 e. The highest BCUT2D eigenvalue weighted by molar-refractivity contribution is 9.10. The van der Waals surface area contributed by atoms with Gasteiger partial charge in [0.15, 0.2) is 41.1 Å². The summed E-state index contributed by atoms with van der Waals surface area (Å²) in [5.74, 6) is 0.241. The van der Waals surface area contributed by atoms with Gasteiger partial charge in [0.05, 0.1) is 40.2 Å². The first-order valence-corrected chi connectivity index (χ1v) is 49.8. The highest BCUT2D eigenvalue weighted by atomic mass is 79.9. The summed E-state index contributed by atoms with van der Waals surface area (Å²) in [6.07, 6.45) is 7.52. The van der Waals surface area contributed by atoms with Crippen molar-refractivity contribution in [3.05, 3.63) is 282 Å². The van der Waals surface area contributed by atoms with Gasteiger partial charge in [-0.25, -0.2) is 25.3 Å². The van der Waals surface area contributed by atoms with Crippen LogP contribution in [-0.4, -0.2) is 121 Å². The minimum absolute atomic E-state index is 0.00456. The molecule has 1 fully saturated rings. The van der Waals surface area contributed by atoms with Gasteiger partial charge in [-0.1, -0.05) is 131 Å². The number of aliphatic imine (C=N–C) groups is 1. The summed E-state index contributed by atoms with van der Waals surface area (Å²) in [5.41, 5.74) is 10.6. The van der Waals surface area contributed by atoms with Crippen LogP contribution in [0, 0.1) is 0 Å². The minimum atomic E-state index is -3.33. The number of halogens is 4. The Balaban J connectivity index is 0.000000204. The van der Waals surface area contributed by atoms with Crippen LogP contribution in [0.2, 0.25) is 15.1 Å². The number of fused-ring (bicyclic) bond motifs is 3. The Bertz CT molecular complexity index is 5900. The number of aryl methyl sites for hydroxylation is 3. The fraction of sp³-hybridized carbons (Fsp3) is 0.407. The van der Waals surface area contributed by atoms with Crippen LogP contribution in [-0.2, 0) is 98.8 Å². The van der Waals surface area contributed by atoms with E-state index in [0.717, 1.165) is 62.0 Å². The van der Waals surface area contributed by atoms with Crippen LogP contribution in [0.15, 0.2) is 188 Å². The highest BCUT2D eigenvalue weighted by Crippen LogP contribution is 2.42. The molecular weight excluding hydrogens is 1750 g/mol. The molecule has 0 N–H and O–H groups in total. The van der Waals surface area contributed by atoms with Gasteiger partial charge < -0.3 is 23.0 Å². The van der Waals surface area contributed by atoms with E-state index < -0.39 is 74.2 Å². The molecule has 6 aromatic carbocycles. The number of hydrogen-bond donors (Lipinski definition) is 0. The van der Waals surface area contributed by atoms with Crippen molar-refractivity contribution in [2.45, 2.75) is 186 Å². The molecule has 9 aromatic rings. The van der Waals surface area contributed by atoms with Gasteiger partial charge in [0.1, 0.15) is 0 Å². The third-order valence-corrected chi connectivity index (χ3v) is 32.1. The lowest BCUT2D eigenvalue weighted by Gasteiger charge is -2.32. The first kappa shape index (κ1) is 98.1. The fourth-order valence-electron chi connectivity index (χ4n) is 13.3. The number of aromatic nitrogens is 3. The average molecular weight is 1860 g/mol. The molecule has 5 atom stereocenters. The van der Waals surface area contributed by atoms with Gasteiger partial charge >= 0.3 is 7.12 Å². The molecule has 0 spiro atoms. The monoisotopic (exact) mass is 1850 g/mol. The van der Waals surface area contributed by atoms with Crippen molar-refractivity contribution < 1.29 is 52.6 Å². The number of ketones is 2. The highest BCUT2D eigenvalue weighted by Gasteiger charge is 2.53. The molecular formula is C91H109BBrCl3N4O15S5. The number of carbonyl (C=O) groups excluding carboxylic acids is 2. The van der Waals surface area contributed by atoms with Crippen molar-refractivity contribution in [1.82, 2.24) is 13.7 Å². The average Bonchev–Trinajstić information content (AvgIpc) is 1.62. The lowest BCUT2D eigenvalue weighted by molar-refractivity contribution is 0.00578. The lowest BCUT2D eigenvalue weighted by Crippen LogP contribution is -2.41. The molecule has 644 valence electrons. The Morgan fingerprint density at radius 1 is 0.492 bits per heavy atom. The Kier molecular flexibility index (Phi) is 33.1. The Labute approximate surface area is 736 Å². The number of carbonyl (C=O) groups is 2. The first-order chi connectivity index (χ1) is 55.9. The van der Waals surface area contributed by atoms with Crippen molar-refractivity contribution in [1.29, 1.82) is 0 Å². The zero-order valence-corrected chi connectivity index (χ0v) is 79.6. The molecule has 0 saturated carbocycles. The maximum Gasteiger partial charge on any atom is 0.495 e. The summed E-state index contributed by atoms with van der Waals surface area (Å²) in [6, 6.07) is 41.2. The maximum absolute atomic E-state index is 13.7. The van der Waals surface area contributed by atoms with E-state index >= 15 is 0 Å². The molecule has 5 heterocycles. The molecule has 1 unspecified atom stereocenters. The van der Waals surface area contributed by atoms with Crippen molar-refractivity contribution in [3.63, 3.8) is 0 Å². The Morgan fingerprint density at radius 2 is 0.875 bits per heavy atom. The van der Waals surface area contributed by atoms with E-state index in [9.17, 15) is 57.6 Å². The molecule has 0 amide bonds. The molecule has 19 nitrogen and oxygen atoms in total. The number of rotatable bonds is 25. The Hall–Kier alpha value is -7.34. The number of benzene rings is 6. The number of pyridine rings is 3. The molecule has 11 rings (SSSR count). The number of hydrogen-bond acceptors (Lipinski definition) is 16. The number of sulfone groups is 3. The minimum Gasteiger partial charge on any atom is -0.399 e. The van der Waals surface area contributed by atoms with Gasteiger partial charge in [0.25, 0.3) is 16.7 Å². The van der Waals surface area contributed by atoms with E-state index in [1.54, 1.807) is 167 Å². The summed E-state index contributed by atoms with van der Waals surface area (Å²) in [7, 11) is -7.55. The van der Waals surface area contributed by atoms with Gasteiger partial charge in [-0.15, -0.1) is 0 Å². The molecule has 120 heavy (non-hydrogen) atoms. The van der Waals surface area contributed by atoms with Crippen LogP contribution in [0.5, 0.6) is 0 Å². The van der Waals surface area contributed by atoms with Crippen LogP contribution in [0.1, 0.15) is 224 Å². The topological polar surface area (TPSA) is 268 Å². The molecule has 2 aliphatic heterocycles. The van der Waals surface area contributed by atoms with E-state index in [1.165, 1.54) is 4.57 Å². The quantitative estimate of drug-likeness (QED) is 0.0380. The smallest absolute Gasteiger partial charge is 0.399 e. The third kappa shape index (κ3) is 25.0. The molecule has 1 saturated heterocycles. The van der Waals surface area contributed by atoms with E-state index in [0.29, 0.717) is 88.5 Å². The van der Waals surface area contributed by atoms with Crippen LogP contribution < -0.4 is 22.1 Å². The summed E-state index contributed by atoms with van der Waals surface area (Å²) in [6.45, 7) is 30.4. The van der Waals surface area contributed by atoms with Crippen LogP contribution in [0.3, 0.4) is 0 Å². The normalized spacial score (nSPS) is 15.5. The molecule has 3 aromatic heterocycles. The second kappa shape index (κ2) is 40.5. The molecule has 29 heteroatoms. The molecule has 0 radical (unpaired) electrons. The summed E-state index contributed by atoms with van der Waals surface area (Å²) in [4.78, 5) is 69.1. The predicted molar refractivity (Wildman–Crippen MR) is 497 cm³/mol. The molecule has 0 aliphatic carbocycles. The Morgan fingerprint density at radius 3 is 1.32 bits per heavy atom. The van der Waals surface area contributed by atoms with Crippen molar-refractivity contribution in [2.24, 2.45) is 26.1 Å². The second-order valence-corrected chi connectivity index (χ2v) is 46.8. The van der Waals surface area contributed by atoms with Crippen molar-refractivity contribution in [3.8, 4) is 22.3 Å². The summed E-state index contributed by atoms with van der Waals surface area (Å²) in [5, 5.41) is 1.68. The first-order valence-electron chi connectivity index (χ1n) is 39.8. The fourth-order valence-corrected chi connectivity index (χ4v) is 19.7. The van der Waals surface area contributed by atoms with Gasteiger partial charge in [0.2, 0.25) is 0 Å².